The second-order valence-corrected chi connectivity index (χ2v) is 4.67. The van der Waals surface area contributed by atoms with E-state index >= 15 is 0 Å². The maximum absolute atomic E-state index is 12.9. The number of aliphatic hydroxyl groups excluding tert-OH is 2. The van der Waals surface area contributed by atoms with Crippen LogP contribution >= 0.6 is 0 Å². The van der Waals surface area contributed by atoms with Crippen molar-refractivity contribution >= 4 is 0 Å². The van der Waals surface area contributed by atoms with E-state index in [9.17, 15) is 36.6 Å². The fourth-order valence-electron chi connectivity index (χ4n) is 2.02. The van der Waals surface area contributed by atoms with Crippen LogP contribution in [0.4, 0.5) is 26.3 Å². The summed E-state index contributed by atoms with van der Waals surface area (Å²) in [6.45, 7) is 0.119. The van der Waals surface area contributed by atoms with Crippen molar-refractivity contribution in [3.8, 4) is 0 Å². The number of nitrogens with one attached hydrogen (secondary N) is 1. The van der Waals surface area contributed by atoms with E-state index in [0.717, 1.165) is 0 Å². The van der Waals surface area contributed by atoms with Crippen LogP contribution in [0.1, 0.15) is 29.2 Å². The molecular formula is C13H15F6NO2. The molecule has 1 rings (SSSR count). The van der Waals surface area contributed by atoms with Crippen LogP contribution in [0.5, 0.6) is 0 Å². The van der Waals surface area contributed by atoms with Crippen LogP contribution in [0.3, 0.4) is 0 Å². The van der Waals surface area contributed by atoms with Gasteiger partial charge in [-0.1, -0.05) is 6.07 Å². The molecule has 0 spiro atoms. The lowest BCUT2D eigenvalue weighted by atomic mass is 9.91. The third-order valence-corrected chi connectivity index (χ3v) is 3.07. The van der Waals surface area contributed by atoms with Gasteiger partial charge in [0.05, 0.1) is 17.2 Å². The van der Waals surface area contributed by atoms with E-state index in [1.807, 2.05) is 0 Å². The summed E-state index contributed by atoms with van der Waals surface area (Å²) < 4.78 is 77.5. The van der Waals surface area contributed by atoms with Crippen molar-refractivity contribution in [3.05, 3.63) is 34.9 Å². The van der Waals surface area contributed by atoms with Gasteiger partial charge >= 0.3 is 12.4 Å². The maximum atomic E-state index is 12.9. The number of halogens is 6. The summed E-state index contributed by atoms with van der Waals surface area (Å²) in [5.41, 5.74) is -4.58. The molecule has 1 aromatic carbocycles. The maximum Gasteiger partial charge on any atom is 0.416 e. The van der Waals surface area contributed by atoms with Gasteiger partial charge < -0.3 is 15.5 Å². The first-order valence-corrected chi connectivity index (χ1v) is 6.28. The van der Waals surface area contributed by atoms with E-state index in [4.69, 9.17) is 0 Å². The molecule has 0 saturated heterocycles. The van der Waals surface area contributed by atoms with Gasteiger partial charge in [-0.2, -0.15) is 26.3 Å². The van der Waals surface area contributed by atoms with Crippen LogP contribution in [-0.4, -0.2) is 29.9 Å². The zero-order valence-corrected chi connectivity index (χ0v) is 11.5. The Morgan fingerprint density at radius 3 is 1.82 bits per heavy atom. The Kier molecular flexibility index (Phi) is 5.82. The molecule has 0 saturated carbocycles. The van der Waals surface area contributed by atoms with Crippen molar-refractivity contribution < 1.29 is 36.6 Å². The highest BCUT2D eigenvalue weighted by Gasteiger charge is 2.43. The van der Waals surface area contributed by atoms with Crippen molar-refractivity contribution in [3.63, 3.8) is 0 Å². The molecule has 22 heavy (non-hydrogen) atoms. The van der Waals surface area contributed by atoms with E-state index < -0.39 is 41.3 Å². The van der Waals surface area contributed by atoms with Crippen LogP contribution in [0.15, 0.2) is 18.2 Å². The van der Waals surface area contributed by atoms with Crippen molar-refractivity contribution in [2.24, 2.45) is 0 Å². The zero-order chi connectivity index (χ0) is 17.1. The van der Waals surface area contributed by atoms with Crippen molar-refractivity contribution in [2.45, 2.75) is 31.0 Å². The van der Waals surface area contributed by atoms with Gasteiger partial charge in [0.2, 0.25) is 0 Å². The topological polar surface area (TPSA) is 52.5 Å². The van der Waals surface area contributed by atoms with E-state index in [1.54, 1.807) is 0 Å². The average molecular weight is 331 g/mol. The summed E-state index contributed by atoms with van der Waals surface area (Å²) in [7, 11) is 1.49. The Morgan fingerprint density at radius 1 is 1.00 bits per heavy atom. The minimum Gasteiger partial charge on any atom is -0.390 e. The van der Waals surface area contributed by atoms with E-state index in [1.165, 1.54) is 7.05 Å². The van der Waals surface area contributed by atoms with Crippen molar-refractivity contribution in [1.29, 1.82) is 0 Å². The Bertz CT molecular complexity index is 468. The molecule has 0 aliphatic carbocycles. The fourth-order valence-corrected chi connectivity index (χ4v) is 2.02. The molecule has 2 unspecified atom stereocenters. The molecule has 126 valence electrons. The lowest BCUT2D eigenvalue weighted by Gasteiger charge is -2.25. The minimum atomic E-state index is -5.08. The van der Waals surface area contributed by atoms with Crippen LogP contribution in [-0.2, 0) is 12.4 Å². The first kappa shape index (κ1) is 18.7. The summed E-state index contributed by atoms with van der Waals surface area (Å²) in [5.74, 6) is 0. The largest absolute Gasteiger partial charge is 0.416 e. The summed E-state index contributed by atoms with van der Waals surface area (Å²) >= 11 is 0. The molecule has 0 amide bonds. The first-order valence-electron chi connectivity index (χ1n) is 6.28. The monoisotopic (exact) mass is 331 g/mol. The highest BCUT2D eigenvalue weighted by Crippen LogP contribution is 2.42. The summed E-state index contributed by atoms with van der Waals surface area (Å²) in [6.07, 6.45) is -14.4. The van der Waals surface area contributed by atoms with Gasteiger partial charge in [-0.3, -0.25) is 0 Å². The molecule has 0 bridgehead atoms. The van der Waals surface area contributed by atoms with Crippen molar-refractivity contribution in [1.82, 2.24) is 5.32 Å². The highest BCUT2D eigenvalue weighted by atomic mass is 19.4. The molecule has 0 heterocycles. The molecule has 0 fully saturated rings. The number of rotatable bonds is 5. The zero-order valence-electron chi connectivity index (χ0n) is 11.5. The number of benzene rings is 1. The Morgan fingerprint density at radius 2 is 1.45 bits per heavy atom. The second kappa shape index (κ2) is 6.84. The number of alkyl halides is 6. The molecule has 9 heteroatoms. The summed E-state index contributed by atoms with van der Waals surface area (Å²) in [5, 5.41) is 22.1. The third-order valence-electron chi connectivity index (χ3n) is 3.07. The van der Waals surface area contributed by atoms with Gasteiger partial charge in [0.15, 0.2) is 0 Å². The average Bonchev–Trinajstić information content (AvgIpc) is 2.41. The van der Waals surface area contributed by atoms with Gasteiger partial charge in [-0.25, -0.2) is 0 Å². The molecule has 0 aliphatic rings. The van der Waals surface area contributed by atoms with Gasteiger partial charge in [-0.05, 0) is 32.1 Å². The van der Waals surface area contributed by atoms with Crippen LogP contribution in [0.2, 0.25) is 0 Å². The minimum absolute atomic E-state index is 0.119. The molecule has 3 nitrogen and oxygen atoms in total. The standard InChI is InChI=1S/C13H15F6NO2/c1-20-6-5-9(21)11(22)10-7(12(14,15)16)3-2-4-8(10)13(17,18)19/h2-4,9,11,20-22H,5-6H2,1H3. The van der Waals surface area contributed by atoms with Gasteiger partial charge in [0.1, 0.15) is 6.10 Å². The molecular weight excluding hydrogens is 316 g/mol. The molecule has 0 aliphatic heterocycles. The highest BCUT2D eigenvalue weighted by molar-refractivity contribution is 5.41. The summed E-state index contributed by atoms with van der Waals surface area (Å²) in [6, 6.07) is 1.50. The predicted octanol–water partition coefficient (Wildman–Crippen LogP) is 2.73. The van der Waals surface area contributed by atoms with E-state index in [-0.39, 0.29) is 13.0 Å². The number of hydrogen-bond donors (Lipinski definition) is 3. The lowest BCUT2D eigenvalue weighted by molar-refractivity contribution is -0.147. The molecule has 0 aromatic heterocycles. The lowest BCUT2D eigenvalue weighted by Crippen LogP contribution is -2.28. The normalized spacial score (nSPS) is 15.7. The fraction of sp³-hybridized carbons (Fsp3) is 0.538. The molecule has 1 aromatic rings. The Labute approximate surface area is 122 Å². The van der Waals surface area contributed by atoms with Gasteiger partial charge in [0.25, 0.3) is 0 Å². The molecule has 2 atom stereocenters. The Hall–Kier alpha value is -1.32. The predicted molar refractivity (Wildman–Crippen MR) is 66.0 cm³/mol. The van der Waals surface area contributed by atoms with Gasteiger partial charge in [-0.15, -0.1) is 0 Å². The number of hydrogen-bond acceptors (Lipinski definition) is 3. The number of aliphatic hydroxyl groups is 2. The third kappa shape index (κ3) is 4.34. The first-order chi connectivity index (χ1) is 10.00. The van der Waals surface area contributed by atoms with Crippen LogP contribution in [0, 0.1) is 0 Å². The van der Waals surface area contributed by atoms with E-state index in [0.29, 0.717) is 18.2 Å². The van der Waals surface area contributed by atoms with Crippen LogP contribution < -0.4 is 5.32 Å². The van der Waals surface area contributed by atoms with E-state index in [2.05, 4.69) is 5.32 Å². The molecule has 3 N–H and O–H groups in total. The second-order valence-electron chi connectivity index (χ2n) is 4.67. The summed E-state index contributed by atoms with van der Waals surface area (Å²) in [4.78, 5) is 0. The van der Waals surface area contributed by atoms with Crippen molar-refractivity contribution in [2.75, 3.05) is 13.6 Å². The quantitative estimate of drug-likeness (QED) is 0.727. The Balaban J connectivity index is 3.40. The van der Waals surface area contributed by atoms with Crippen LogP contribution in [0.25, 0.3) is 0 Å². The SMILES string of the molecule is CNCCC(O)C(O)c1c(C(F)(F)F)cccc1C(F)(F)F. The molecule has 0 radical (unpaired) electrons. The van der Waals surface area contributed by atoms with Gasteiger partial charge in [0, 0.05) is 5.56 Å². The smallest absolute Gasteiger partial charge is 0.390 e.